The van der Waals surface area contributed by atoms with Gasteiger partial charge in [-0.3, -0.25) is 33.8 Å². The van der Waals surface area contributed by atoms with E-state index in [1.165, 1.54) is 4.90 Å². The molecule has 0 radical (unpaired) electrons. The molecule has 2 aromatic carbocycles. The summed E-state index contributed by atoms with van der Waals surface area (Å²) < 4.78 is 0. The lowest BCUT2D eigenvalue weighted by Crippen LogP contribution is -2.60. The molecule has 17 heteroatoms. The third-order valence-electron chi connectivity index (χ3n) is 12.3. The summed E-state index contributed by atoms with van der Waals surface area (Å²) in [5, 5.41) is 15.5. The van der Waals surface area contributed by atoms with E-state index in [0.717, 1.165) is 54.1 Å². The Morgan fingerprint density at radius 2 is 1.50 bits per heavy atom. The molecule has 2 saturated heterocycles. The van der Waals surface area contributed by atoms with Crippen LogP contribution in [-0.4, -0.2) is 107 Å². The highest BCUT2D eigenvalue weighted by Gasteiger charge is 2.40. The van der Waals surface area contributed by atoms with E-state index < -0.39 is 71.7 Å². The number of carbonyl (C=O) groups excluding carboxylic acids is 6. The first-order chi connectivity index (χ1) is 30.0. The van der Waals surface area contributed by atoms with Crippen LogP contribution in [0.3, 0.4) is 0 Å². The van der Waals surface area contributed by atoms with Gasteiger partial charge in [0.15, 0.2) is 5.96 Å². The lowest BCUT2D eigenvalue weighted by atomic mass is 9.84. The first-order valence-corrected chi connectivity index (χ1v) is 22.2. The highest BCUT2D eigenvalue weighted by atomic mass is 16.2. The molecule has 17 nitrogen and oxygen atoms in total. The van der Waals surface area contributed by atoms with E-state index >= 15 is 0 Å². The van der Waals surface area contributed by atoms with Crippen LogP contribution in [0.15, 0.2) is 65.8 Å². The monoisotopic (exact) mass is 853 g/mol. The van der Waals surface area contributed by atoms with Gasteiger partial charge in [0, 0.05) is 43.2 Å². The number of hydrogen-bond acceptors (Lipinski definition) is 8. The fourth-order valence-electron chi connectivity index (χ4n) is 8.94. The largest absolute Gasteiger partial charge is 0.370 e. The number of rotatable bonds is 12. The number of hydrogen-bond donors (Lipinski definition) is 9. The average molecular weight is 854 g/mol. The van der Waals surface area contributed by atoms with Gasteiger partial charge in [-0.05, 0) is 74.5 Å². The Bertz CT molecular complexity index is 2050. The summed E-state index contributed by atoms with van der Waals surface area (Å²) in [5.74, 6) is -2.94. The fraction of sp³-hybridized carbons (Fsp3) is 0.533. The second-order valence-electron chi connectivity index (χ2n) is 16.9. The van der Waals surface area contributed by atoms with E-state index in [9.17, 15) is 28.8 Å². The van der Waals surface area contributed by atoms with Gasteiger partial charge in [0.25, 0.3) is 0 Å². The highest BCUT2D eigenvalue weighted by Crippen LogP contribution is 2.28. The molecular formula is C45H63N11O6. The third kappa shape index (κ3) is 12.6. The van der Waals surface area contributed by atoms with Crippen molar-refractivity contribution in [1.29, 1.82) is 0 Å². The maximum Gasteiger partial charge on any atom is 0.245 e. The van der Waals surface area contributed by atoms with Crippen molar-refractivity contribution < 1.29 is 28.8 Å². The standard InChI is InChI=1S/C45H63N11O6/c46-32(24-28-12-3-1-4-13-28)39(57)53-35-19-10-21-49-40(58)34(18-9-22-50-45(47)48)52-42(60)37(26-30-27-51-33-17-8-7-16-31(30)33)54-41(59)36(25-29-14-5-2-6-15-29)55-43(61)38-20-11-23-56(38)44(35)62/h1,3-4,7-8,12-13,16-17,27,29,32,34-38,51H,2,5-6,9-11,14-15,18-26,46H2,(H,49,58)(H,52,60)(H,53,57)(H,54,59)(H,55,61)(H4,47,48,50)/t32-,34-,35-,36+,37-,38-/m0/s1. The van der Waals surface area contributed by atoms with Gasteiger partial charge >= 0.3 is 0 Å². The number of guanidine groups is 1. The fourth-order valence-corrected chi connectivity index (χ4v) is 8.94. The summed E-state index contributed by atoms with van der Waals surface area (Å²) in [6.45, 7) is 0.606. The van der Waals surface area contributed by atoms with E-state index in [1.807, 2.05) is 54.6 Å². The molecule has 0 unspecified atom stereocenters. The summed E-state index contributed by atoms with van der Waals surface area (Å²) in [6.07, 6.45) is 9.29. The van der Waals surface area contributed by atoms with Crippen LogP contribution >= 0.6 is 0 Å². The minimum atomic E-state index is -1.12. The third-order valence-corrected chi connectivity index (χ3v) is 12.3. The molecule has 6 rings (SSSR count). The molecule has 1 saturated carbocycles. The Morgan fingerprint density at radius 1 is 0.790 bits per heavy atom. The van der Waals surface area contributed by atoms with Crippen LogP contribution in [0.25, 0.3) is 10.9 Å². The molecular weight excluding hydrogens is 791 g/mol. The molecule has 3 aliphatic rings. The van der Waals surface area contributed by atoms with Crippen molar-refractivity contribution in [2.75, 3.05) is 19.6 Å². The first-order valence-electron chi connectivity index (χ1n) is 22.2. The number of H-pyrrole nitrogens is 1. The summed E-state index contributed by atoms with van der Waals surface area (Å²) >= 11 is 0. The Labute approximate surface area is 362 Å². The van der Waals surface area contributed by atoms with Gasteiger partial charge in [-0.25, -0.2) is 0 Å². The Morgan fingerprint density at radius 3 is 2.27 bits per heavy atom. The minimum absolute atomic E-state index is 0.0983. The zero-order chi connectivity index (χ0) is 44.0. The van der Waals surface area contributed by atoms with Gasteiger partial charge in [-0.1, -0.05) is 80.6 Å². The zero-order valence-electron chi connectivity index (χ0n) is 35.4. The predicted molar refractivity (Wildman–Crippen MR) is 236 cm³/mol. The summed E-state index contributed by atoms with van der Waals surface area (Å²) in [5.41, 5.74) is 19.9. The molecule has 3 heterocycles. The predicted octanol–water partition coefficient (Wildman–Crippen LogP) is 1.14. The molecule has 0 bridgehead atoms. The molecule has 62 heavy (non-hydrogen) atoms. The number of aliphatic imine (C=N–C) groups is 1. The normalized spacial score (nSPS) is 24.1. The molecule has 1 aromatic heterocycles. The van der Waals surface area contributed by atoms with Crippen LogP contribution in [0.1, 0.15) is 88.2 Å². The van der Waals surface area contributed by atoms with Crippen molar-refractivity contribution in [3.63, 3.8) is 0 Å². The van der Waals surface area contributed by atoms with Gasteiger partial charge in [-0.15, -0.1) is 0 Å². The number of carbonyl (C=O) groups is 6. The number of nitrogens with zero attached hydrogens (tertiary/aromatic N) is 2. The highest BCUT2D eigenvalue weighted by molar-refractivity contribution is 5.97. The minimum Gasteiger partial charge on any atom is -0.370 e. The number of aromatic amines is 1. The van der Waals surface area contributed by atoms with Crippen LogP contribution in [0.5, 0.6) is 0 Å². The number of nitrogens with two attached hydrogens (primary N) is 3. The van der Waals surface area contributed by atoms with Crippen LogP contribution in [0.4, 0.5) is 0 Å². The number of benzene rings is 2. The van der Waals surface area contributed by atoms with Crippen LogP contribution < -0.4 is 43.8 Å². The topological polar surface area (TPSA) is 272 Å². The van der Waals surface area contributed by atoms with E-state index in [4.69, 9.17) is 17.2 Å². The molecule has 12 N–H and O–H groups in total. The van der Waals surface area contributed by atoms with Gasteiger partial charge in [0.05, 0.1) is 6.04 Å². The quantitative estimate of drug-likeness (QED) is 0.0718. The number of amides is 6. The van der Waals surface area contributed by atoms with Crippen LogP contribution in [0.2, 0.25) is 0 Å². The second-order valence-corrected chi connectivity index (χ2v) is 16.9. The molecule has 3 fully saturated rings. The summed E-state index contributed by atoms with van der Waals surface area (Å²) in [7, 11) is 0. The smallest absolute Gasteiger partial charge is 0.245 e. The van der Waals surface area contributed by atoms with E-state index in [0.29, 0.717) is 25.7 Å². The Hall–Kier alpha value is -5.97. The maximum absolute atomic E-state index is 14.5. The van der Waals surface area contributed by atoms with Crippen LogP contribution in [-0.2, 0) is 41.6 Å². The van der Waals surface area contributed by atoms with Crippen molar-refractivity contribution in [1.82, 2.24) is 36.5 Å². The van der Waals surface area contributed by atoms with Crippen LogP contribution in [0, 0.1) is 5.92 Å². The average Bonchev–Trinajstić information content (AvgIpc) is 3.93. The molecule has 6 atom stereocenters. The van der Waals surface area contributed by atoms with Crippen molar-refractivity contribution in [2.24, 2.45) is 28.1 Å². The van der Waals surface area contributed by atoms with Gasteiger partial charge in [0.2, 0.25) is 35.4 Å². The maximum atomic E-state index is 14.5. The zero-order valence-corrected chi connectivity index (χ0v) is 35.4. The lowest BCUT2D eigenvalue weighted by molar-refractivity contribution is -0.142. The molecule has 6 amide bonds. The second kappa shape index (κ2) is 22.2. The van der Waals surface area contributed by atoms with Crippen molar-refractivity contribution in [2.45, 2.75) is 126 Å². The number of fused-ring (bicyclic) bond motifs is 2. The molecule has 334 valence electrons. The van der Waals surface area contributed by atoms with E-state index in [2.05, 4.69) is 36.6 Å². The number of nitrogens with one attached hydrogen (secondary N) is 6. The van der Waals surface area contributed by atoms with Crippen molar-refractivity contribution in [3.8, 4) is 0 Å². The lowest BCUT2D eigenvalue weighted by Gasteiger charge is -2.32. The van der Waals surface area contributed by atoms with E-state index in [1.54, 1.807) is 6.20 Å². The Kier molecular flexibility index (Phi) is 16.3. The SMILES string of the molecule is NC(N)=NCCC[C@@H]1NC(=O)[C@H](Cc2c[nH]c3ccccc23)NC(=O)[C@@H](CC2CCCCC2)NC(=O)[C@@H]2CCCN2C(=O)[C@@H](NC(=O)[C@@H](N)Cc2ccccc2)CCCNC1=O. The molecule has 2 aliphatic heterocycles. The van der Waals surface area contributed by atoms with Gasteiger partial charge in [-0.2, -0.15) is 0 Å². The summed E-state index contributed by atoms with van der Waals surface area (Å²) in [4.78, 5) is 93.9. The molecule has 1 aliphatic carbocycles. The van der Waals surface area contributed by atoms with Crippen molar-refractivity contribution >= 4 is 52.3 Å². The van der Waals surface area contributed by atoms with Crippen molar-refractivity contribution in [3.05, 3.63) is 71.9 Å². The molecule has 0 spiro atoms. The first kappa shape index (κ1) is 45.6. The number of aromatic nitrogens is 1. The van der Waals surface area contributed by atoms with E-state index in [-0.39, 0.29) is 63.6 Å². The van der Waals surface area contributed by atoms with Gasteiger partial charge < -0.3 is 53.7 Å². The molecule has 3 aromatic rings. The van der Waals surface area contributed by atoms with Gasteiger partial charge in [0.1, 0.15) is 30.2 Å². The Balaban J connectivity index is 1.30. The number of para-hydroxylation sites is 1. The summed E-state index contributed by atoms with van der Waals surface area (Å²) in [6, 6.07) is 10.9.